The molecule has 0 bridgehead atoms. The van der Waals surface area contributed by atoms with Gasteiger partial charge in [-0.25, -0.2) is 10.2 Å². The topological polar surface area (TPSA) is 72.0 Å². The number of hydrogen-bond donors (Lipinski definition) is 2. The molecule has 0 spiro atoms. The van der Waals surface area contributed by atoms with Gasteiger partial charge < -0.3 is 14.8 Å². The van der Waals surface area contributed by atoms with Crippen LogP contribution in [0.25, 0.3) is 0 Å². The molecule has 0 aliphatic heterocycles. The van der Waals surface area contributed by atoms with Crippen LogP contribution >= 0.6 is 15.9 Å². The van der Waals surface area contributed by atoms with Crippen LogP contribution in [0.15, 0.2) is 46.0 Å². The highest BCUT2D eigenvalue weighted by atomic mass is 79.9. The van der Waals surface area contributed by atoms with Gasteiger partial charge in [0.2, 0.25) is 0 Å². The van der Waals surface area contributed by atoms with Crippen LogP contribution in [-0.4, -0.2) is 26.5 Å². The van der Waals surface area contributed by atoms with E-state index in [-0.39, 0.29) is 0 Å². The van der Waals surface area contributed by atoms with Crippen LogP contribution in [0.3, 0.4) is 0 Å². The monoisotopic (exact) mass is 391 g/mol. The predicted molar refractivity (Wildman–Crippen MR) is 98.2 cm³/mol. The fourth-order valence-corrected chi connectivity index (χ4v) is 2.66. The minimum Gasteiger partial charge on any atom is -0.493 e. The number of aryl methyl sites for hydroxylation is 1. The van der Waals surface area contributed by atoms with Crippen molar-refractivity contribution < 1.29 is 14.3 Å². The van der Waals surface area contributed by atoms with E-state index in [2.05, 4.69) is 31.8 Å². The summed E-state index contributed by atoms with van der Waals surface area (Å²) in [6.45, 7) is 1.92. The number of para-hydroxylation sites is 1. The van der Waals surface area contributed by atoms with Crippen molar-refractivity contribution in [2.24, 2.45) is 5.10 Å². The van der Waals surface area contributed by atoms with Gasteiger partial charge in [-0.05, 0) is 52.2 Å². The smallest absolute Gasteiger partial charge is 0.339 e. The van der Waals surface area contributed by atoms with Crippen LogP contribution in [0.4, 0.5) is 10.5 Å². The summed E-state index contributed by atoms with van der Waals surface area (Å²) in [6, 6.07) is 10.7. The van der Waals surface area contributed by atoms with Gasteiger partial charge in [0.05, 0.1) is 24.9 Å². The lowest BCUT2D eigenvalue weighted by atomic mass is 10.2. The first-order valence-electron chi connectivity index (χ1n) is 7.12. The molecule has 0 unspecified atom stereocenters. The number of carbonyl (C=O) groups excluding carboxylic acids is 1. The molecule has 0 heterocycles. The Morgan fingerprint density at radius 2 is 1.96 bits per heavy atom. The quantitative estimate of drug-likeness (QED) is 0.598. The first-order valence-corrected chi connectivity index (χ1v) is 7.91. The molecule has 0 aliphatic carbocycles. The third-order valence-electron chi connectivity index (χ3n) is 3.23. The minimum atomic E-state index is -0.417. The van der Waals surface area contributed by atoms with Crippen molar-refractivity contribution in [3.05, 3.63) is 52.0 Å². The third kappa shape index (κ3) is 4.48. The zero-order chi connectivity index (χ0) is 17.5. The lowest BCUT2D eigenvalue weighted by Gasteiger charge is -2.10. The molecule has 0 saturated carbocycles. The molecular formula is C17H18BrN3O3. The number of benzene rings is 2. The number of hydrazone groups is 1. The molecule has 7 heteroatoms. The molecule has 2 N–H and O–H groups in total. The maximum atomic E-state index is 11.9. The molecule has 0 fully saturated rings. The fourth-order valence-electron chi connectivity index (χ4n) is 2.04. The average Bonchev–Trinajstić information content (AvgIpc) is 2.56. The second-order valence-corrected chi connectivity index (χ2v) is 5.73. The van der Waals surface area contributed by atoms with Crippen molar-refractivity contribution in [2.75, 3.05) is 19.5 Å². The number of halogens is 1. The molecule has 0 atom stereocenters. The van der Waals surface area contributed by atoms with Gasteiger partial charge in [0.15, 0.2) is 11.5 Å². The van der Waals surface area contributed by atoms with Crippen LogP contribution < -0.4 is 20.2 Å². The lowest BCUT2D eigenvalue weighted by molar-refractivity contribution is 0.252. The maximum Gasteiger partial charge on any atom is 0.339 e. The van der Waals surface area contributed by atoms with E-state index in [4.69, 9.17) is 9.47 Å². The summed E-state index contributed by atoms with van der Waals surface area (Å²) in [7, 11) is 3.12. The summed E-state index contributed by atoms with van der Waals surface area (Å²) in [5, 5.41) is 6.67. The van der Waals surface area contributed by atoms with Crippen LogP contribution in [0, 0.1) is 6.92 Å². The number of carbonyl (C=O) groups is 1. The van der Waals surface area contributed by atoms with E-state index in [1.54, 1.807) is 20.3 Å². The zero-order valence-electron chi connectivity index (χ0n) is 13.6. The molecule has 2 aromatic carbocycles. The summed E-state index contributed by atoms with van der Waals surface area (Å²) in [4.78, 5) is 11.9. The van der Waals surface area contributed by atoms with Gasteiger partial charge in [0.25, 0.3) is 0 Å². The maximum absolute atomic E-state index is 11.9. The molecule has 2 amide bonds. The van der Waals surface area contributed by atoms with Gasteiger partial charge in [-0.15, -0.1) is 0 Å². The average molecular weight is 392 g/mol. The Kier molecular flexibility index (Phi) is 6.20. The van der Waals surface area contributed by atoms with Crippen LogP contribution in [0.1, 0.15) is 11.1 Å². The lowest BCUT2D eigenvalue weighted by Crippen LogP contribution is -2.24. The number of rotatable bonds is 5. The predicted octanol–water partition coefficient (Wildman–Crippen LogP) is 3.93. The van der Waals surface area contributed by atoms with E-state index in [9.17, 15) is 4.79 Å². The van der Waals surface area contributed by atoms with Crippen molar-refractivity contribution in [1.82, 2.24) is 5.43 Å². The van der Waals surface area contributed by atoms with E-state index >= 15 is 0 Å². The molecule has 6 nitrogen and oxygen atoms in total. The highest BCUT2D eigenvalue weighted by Crippen LogP contribution is 2.35. The van der Waals surface area contributed by atoms with Crippen molar-refractivity contribution in [1.29, 1.82) is 0 Å². The SMILES string of the molecule is COc1cc(C=NNC(=O)Nc2ccccc2C)cc(Br)c1OC. The van der Waals surface area contributed by atoms with E-state index in [1.165, 1.54) is 6.21 Å². The van der Waals surface area contributed by atoms with E-state index < -0.39 is 6.03 Å². The number of ether oxygens (including phenoxy) is 2. The van der Waals surface area contributed by atoms with Crippen LogP contribution in [0.2, 0.25) is 0 Å². The number of amides is 2. The number of nitrogens with one attached hydrogen (secondary N) is 2. The Balaban J connectivity index is 2.02. The van der Waals surface area contributed by atoms with Crippen LogP contribution in [0.5, 0.6) is 11.5 Å². The number of anilines is 1. The summed E-state index contributed by atoms with van der Waals surface area (Å²) in [6.07, 6.45) is 1.52. The number of hydrogen-bond acceptors (Lipinski definition) is 4. The Morgan fingerprint density at radius 1 is 1.21 bits per heavy atom. The van der Waals surface area contributed by atoms with Gasteiger partial charge in [-0.1, -0.05) is 18.2 Å². The summed E-state index contributed by atoms with van der Waals surface area (Å²) in [5.41, 5.74) is 4.88. The first-order chi connectivity index (χ1) is 11.5. The number of methoxy groups -OCH3 is 2. The summed E-state index contributed by atoms with van der Waals surface area (Å²) < 4.78 is 11.2. The first kappa shape index (κ1) is 17.8. The second-order valence-electron chi connectivity index (χ2n) is 4.88. The molecule has 24 heavy (non-hydrogen) atoms. The van der Waals surface area contributed by atoms with Gasteiger partial charge in [0.1, 0.15) is 0 Å². The second kappa shape index (κ2) is 8.35. The normalized spacial score (nSPS) is 10.5. The van der Waals surface area contributed by atoms with E-state index in [0.29, 0.717) is 11.5 Å². The van der Waals surface area contributed by atoms with Crippen molar-refractivity contribution >= 4 is 33.9 Å². The molecule has 0 saturated heterocycles. The highest BCUT2D eigenvalue weighted by molar-refractivity contribution is 9.10. The number of nitrogens with zero attached hydrogens (tertiary/aromatic N) is 1. The Morgan fingerprint density at radius 3 is 2.62 bits per heavy atom. The Bertz CT molecular complexity index is 763. The van der Waals surface area contributed by atoms with Gasteiger partial charge >= 0.3 is 6.03 Å². The van der Waals surface area contributed by atoms with Crippen LogP contribution in [-0.2, 0) is 0 Å². The summed E-state index contributed by atoms with van der Waals surface area (Å²) in [5.74, 6) is 1.16. The molecule has 0 aliphatic rings. The molecule has 2 aromatic rings. The molecule has 0 aromatic heterocycles. The number of urea groups is 1. The molecular weight excluding hydrogens is 374 g/mol. The fraction of sp³-hybridized carbons (Fsp3) is 0.176. The third-order valence-corrected chi connectivity index (χ3v) is 3.82. The Hall–Kier alpha value is -2.54. The van der Waals surface area contributed by atoms with Crippen molar-refractivity contribution in [2.45, 2.75) is 6.92 Å². The molecule has 2 rings (SSSR count). The minimum absolute atomic E-state index is 0.417. The van der Waals surface area contributed by atoms with E-state index in [0.717, 1.165) is 21.3 Å². The largest absolute Gasteiger partial charge is 0.493 e. The molecule has 126 valence electrons. The molecule has 0 radical (unpaired) electrons. The standard InChI is InChI=1S/C17H18BrN3O3/c1-11-6-4-5-7-14(11)20-17(22)21-19-10-12-8-13(18)16(24-3)15(9-12)23-2/h4-10H,1-3H3,(H2,20,21,22). The zero-order valence-corrected chi connectivity index (χ0v) is 15.2. The highest BCUT2D eigenvalue weighted by Gasteiger charge is 2.09. The van der Waals surface area contributed by atoms with Crippen molar-refractivity contribution in [3.63, 3.8) is 0 Å². The van der Waals surface area contributed by atoms with E-state index in [1.807, 2.05) is 37.3 Å². The summed E-state index contributed by atoms with van der Waals surface area (Å²) >= 11 is 3.41. The van der Waals surface area contributed by atoms with Gasteiger partial charge in [-0.3, -0.25) is 0 Å². The van der Waals surface area contributed by atoms with Crippen molar-refractivity contribution in [3.8, 4) is 11.5 Å². The Labute approximate surface area is 149 Å². The van der Waals surface area contributed by atoms with Gasteiger partial charge in [0, 0.05) is 5.69 Å². The van der Waals surface area contributed by atoms with Gasteiger partial charge in [-0.2, -0.15) is 5.10 Å².